The molecule has 1 aliphatic heterocycles. The Morgan fingerprint density at radius 2 is 2.16 bits per heavy atom. The van der Waals surface area contributed by atoms with E-state index in [1.165, 1.54) is 0 Å². The molecule has 1 amide bonds. The monoisotopic (exact) mass is 264 g/mol. The van der Waals surface area contributed by atoms with E-state index >= 15 is 0 Å². The van der Waals surface area contributed by atoms with Crippen molar-refractivity contribution in [2.24, 2.45) is 11.0 Å². The number of amides is 1. The maximum absolute atomic E-state index is 11.7. The fourth-order valence-corrected chi connectivity index (χ4v) is 2.41. The lowest BCUT2D eigenvalue weighted by Crippen LogP contribution is -2.47. The highest BCUT2D eigenvalue weighted by atomic mass is 16.2. The van der Waals surface area contributed by atoms with Gasteiger partial charge in [0.05, 0.1) is 6.54 Å². The van der Waals surface area contributed by atoms with Gasteiger partial charge in [0.2, 0.25) is 0 Å². The summed E-state index contributed by atoms with van der Waals surface area (Å²) in [5, 5.41) is 4.08. The molecule has 0 bridgehead atoms. The molecule has 0 aromatic rings. The average Bonchev–Trinajstić information content (AvgIpc) is 2.43. The zero-order valence-corrected chi connectivity index (χ0v) is 11.7. The van der Waals surface area contributed by atoms with Crippen LogP contribution in [-0.2, 0) is 4.79 Å². The van der Waals surface area contributed by atoms with Crippen LogP contribution in [0.2, 0.25) is 0 Å². The zero-order valence-electron chi connectivity index (χ0n) is 11.7. The third-order valence-electron chi connectivity index (χ3n) is 3.75. The van der Waals surface area contributed by atoms with E-state index in [1.807, 2.05) is 6.21 Å². The van der Waals surface area contributed by atoms with Crippen LogP contribution in [0.3, 0.4) is 0 Å². The maximum Gasteiger partial charge on any atom is 0.254 e. The van der Waals surface area contributed by atoms with E-state index in [0.29, 0.717) is 12.5 Å². The van der Waals surface area contributed by atoms with Gasteiger partial charge in [-0.15, -0.1) is 0 Å². The van der Waals surface area contributed by atoms with Gasteiger partial charge < -0.3 is 4.90 Å². The standard InChI is InChI=1S/C14H24N4O/c1-17-7-9-18(10-8-17)12-14(19)16-15-11-13-5-3-2-4-6-13/h2-3,11,13H,4-10,12H2,1H3,(H,16,19)/b15-11-/t13-/m1/s1. The number of rotatable bonds is 4. The van der Waals surface area contributed by atoms with Gasteiger partial charge >= 0.3 is 0 Å². The van der Waals surface area contributed by atoms with Crippen LogP contribution in [0.15, 0.2) is 17.3 Å². The minimum Gasteiger partial charge on any atom is -0.304 e. The van der Waals surface area contributed by atoms with E-state index < -0.39 is 0 Å². The number of hydrogen-bond acceptors (Lipinski definition) is 4. The quantitative estimate of drug-likeness (QED) is 0.462. The lowest BCUT2D eigenvalue weighted by Gasteiger charge is -2.31. The average molecular weight is 264 g/mol. The highest BCUT2D eigenvalue weighted by Crippen LogP contribution is 2.15. The third kappa shape index (κ3) is 5.12. The second-order valence-electron chi connectivity index (χ2n) is 5.44. The molecule has 1 N–H and O–H groups in total. The summed E-state index contributed by atoms with van der Waals surface area (Å²) >= 11 is 0. The Bertz CT molecular complexity index is 345. The number of nitrogens with zero attached hydrogens (tertiary/aromatic N) is 3. The summed E-state index contributed by atoms with van der Waals surface area (Å²) in [5.41, 5.74) is 2.64. The molecule has 19 heavy (non-hydrogen) atoms. The first-order valence-electron chi connectivity index (χ1n) is 7.12. The van der Waals surface area contributed by atoms with Crippen LogP contribution in [0.1, 0.15) is 19.3 Å². The summed E-state index contributed by atoms with van der Waals surface area (Å²) in [5.74, 6) is 0.473. The maximum atomic E-state index is 11.7. The fourth-order valence-electron chi connectivity index (χ4n) is 2.41. The largest absolute Gasteiger partial charge is 0.304 e. The predicted octanol–water partition coefficient (Wildman–Crippen LogP) is 0.692. The number of allylic oxidation sites excluding steroid dienone is 2. The number of carbonyl (C=O) groups excluding carboxylic acids is 1. The minimum absolute atomic E-state index is 0.00726. The predicted molar refractivity (Wildman–Crippen MR) is 77.1 cm³/mol. The molecule has 0 aromatic heterocycles. The van der Waals surface area contributed by atoms with Gasteiger partial charge in [0.1, 0.15) is 0 Å². The molecule has 1 atom stereocenters. The molecule has 2 rings (SSSR count). The summed E-state index contributed by atoms with van der Waals surface area (Å²) < 4.78 is 0. The van der Waals surface area contributed by atoms with Crippen LogP contribution < -0.4 is 5.43 Å². The van der Waals surface area contributed by atoms with Gasteiger partial charge in [0.25, 0.3) is 5.91 Å². The van der Waals surface area contributed by atoms with Crippen molar-refractivity contribution >= 4 is 12.1 Å². The van der Waals surface area contributed by atoms with Crippen LogP contribution in [0.25, 0.3) is 0 Å². The van der Waals surface area contributed by atoms with Gasteiger partial charge in [0.15, 0.2) is 0 Å². The molecule has 0 radical (unpaired) electrons. The fraction of sp³-hybridized carbons (Fsp3) is 0.714. The van der Waals surface area contributed by atoms with Gasteiger partial charge in [-0.3, -0.25) is 9.69 Å². The molecule has 2 aliphatic rings. The normalized spacial score (nSPS) is 25.8. The molecule has 1 saturated heterocycles. The smallest absolute Gasteiger partial charge is 0.254 e. The van der Waals surface area contributed by atoms with Crippen molar-refractivity contribution < 1.29 is 4.79 Å². The van der Waals surface area contributed by atoms with Crippen molar-refractivity contribution in [3.63, 3.8) is 0 Å². The molecule has 0 spiro atoms. The van der Waals surface area contributed by atoms with Crippen LogP contribution in [0.4, 0.5) is 0 Å². The van der Waals surface area contributed by atoms with Gasteiger partial charge in [0, 0.05) is 32.4 Å². The second-order valence-corrected chi connectivity index (χ2v) is 5.44. The molecule has 1 aliphatic carbocycles. The number of nitrogens with one attached hydrogen (secondary N) is 1. The van der Waals surface area contributed by atoms with Crippen molar-refractivity contribution in [2.75, 3.05) is 39.8 Å². The Balaban J connectivity index is 1.64. The molecule has 5 heteroatoms. The molecule has 106 valence electrons. The second kappa shape index (κ2) is 7.40. The summed E-state index contributed by atoms with van der Waals surface area (Å²) in [6.45, 7) is 4.44. The van der Waals surface area contributed by atoms with Gasteiger partial charge in [-0.1, -0.05) is 12.2 Å². The lowest BCUT2D eigenvalue weighted by molar-refractivity contribution is -0.122. The molecule has 0 aromatic carbocycles. The molecule has 0 saturated carbocycles. The molecule has 5 nitrogen and oxygen atoms in total. The molecule has 0 unspecified atom stereocenters. The van der Waals surface area contributed by atoms with E-state index in [9.17, 15) is 4.79 Å². The van der Waals surface area contributed by atoms with Crippen LogP contribution in [0, 0.1) is 5.92 Å². The molecular weight excluding hydrogens is 240 g/mol. The van der Waals surface area contributed by atoms with E-state index in [4.69, 9.17) is 0 Å². The van der Waals surface area contributed by atoms with Crippen LogP contribution >= 0.6 is 0 Å². The number of likely N-dealkylation sites (N-methyl/N-ethyl adjacent to an activating group) is 1. The molecular formula is C14H24N4O. The van der Waals surface area contributed by atoms with Gasteiger partial charge in [-0.05, 0) is 32.2 Å². The topological polar surface area (TPSA) is 47.9 Å². The number of hydrazone groups is 1. The van der Waals surface area contributed by atoms with Crippen molar-refractivity contribution in [1.82, 2.24) is 15.2 Å². The van der Waals surface area contributed by atoms with Gasteiger partial charge in [-0.2, -0.15) is 5.10 Å². The van der Waals surface area contributed by atoms with Gasteiger partial charge in [-0.25, -0.2) is 5.43 Å². The number of piperazine rings is 1. The van der Waals surface area contributed by atoms with E-state index in [-0.39, 0.29) is 5.91 Å². The van der Waals surface area contributed by atoms with Crippen LogP contribution in [-0.4, -0.2) is 61.7 Å². The Kier molecular flexibility index (Phi) is 5.54. The number of hydrogen-bond donors (Lipinski definition) is 1. The van der Waals surface area contributed by atoms with Crippen molar-refractivity contribution in [3.8, 4) is 0 Å². The Labute approximate surface area is 115 Å². The molecule has 1 heterocycles. The minimum atomic E-state index is -0.00726. The van der Waals surface area contributed by atoms with Crippen molar-refractivity contribution in [2.45, 2.75) is 19.3 Å². The molecule has 1 fully saturated rings. The number of carbonyl (C=O) groups is 1. The van der Waals surface area contributed by atoms with E-state index in [0.717, 1.165) is 45.4 Å². The Morgan fingerprint density at radius 1 is 1.37 bits per heavy atom. The SMILES string of the molecule is CN1CCN(CC(=O)N/N=C\[C@@H]2CC=CCC2)CC1. The first-order valence-corrected chi connectivity index (χ1v) is 7.12. The van der Waals surface area contributed by atoms with Crippen molar-refractivity contribution in [3.05, 3.63) is 12.2 Å². The van der Waals surface area contributed by atoms with Crippen LogP contribution in [0.5, 0.6) is 0 Å². The third-order valence-corrected chi connectivity index (χ3v) is 3.75. The van der Waals surface area contributed by atoms with Crippen molar-refractivity contribution in [1.29, 1.82) is 0 Å². The summed E-state index contributed by atoms with van der Waals surface area (Å²) in [6, 6.07) is 0. The van der Waals surface area contributed by atoms with E-state index in [1.54, 1.807) is 0 Å². The first kappa shape index (κ1) is 14.2. The lowest BCUT2D eigenvalue weighted by atomic mass is 9.96. The Hall–Kier alpha value is -1.20. The summed E-state index contributed by atoms with van der Waals surface area (Å²) in [6.07, 6.45) is 9.56. The Morgan fingerprint density at radius 3 is 2.84 bits per heavy atom. The summed E-state index contributed by atoms with van der Waals surface area (Å²) in [4.78, 5) is 16.2. The zero-order chi connectivity index (χ0) is 13.5. The van der Waals surface area contributed by atoms with E-state index in [2.05, 4.69) is 39.5 Å². The summed E-state index contributed by atoms with van der Waals surface area (Å²) in [7, 11) is 2.11. The highest BCUT2D eigenvalue weighted by molar-refractivity contribution is 5.78. The highest BCUT2D eigenvalue weighted by Gasteiger charge is 2.16. The first-order chi connectivity index (χ1) is 9.24.